The van der Waals surface area contributed by atoms with Crippen molar-refractivity contribution in [3.05, 3.63) is 35.4 Å². The van der Waals surface area contributed by atoms with E-state index in [0.29, 0.717) is 13.1 Å². The Labute approximate surface area is 133 Å². The van der Waals surface area contributed by atoms with Crippen LogP contribution in [0.4, 0.5) is 13.2 Å². The minimum absolute atomic E-state index is 0.141. The van der Waals surface area contributed by atoms with E-state index >= 15 is 0 Å². The number of carbonyl (C=O) groups excluding carboxylic acids is 1. The molecule has 1 heterocycles. The van der Waals surface area contributed by atoms with Crippen molar-refractivity contribution < 1.29 is 22.7 Å². The number of piperidine rings is 1. The minimum Gasteiger partial charge on any atom is -0.383 e. The summed E-state index contributed by atoms with van der Waals surface area (Å²) in [5.41, 5.74) is 5.98. The molecule has 1 aromatic rings. The van der Waals surface area contributed by atoms with Crippen molar-refractivity contribution >= 4 is 5.91 Å². The van der Waals surface area contributed by atoms with Gasteiger partial charge in [0.05, 0.1) is 12.2 Å². The summed E-state index contributed by atoms with van der Waals surface area (Å²) < 4.78 is 42.6. The van der Waals surface area contributed by atoms with Crippen LogP contribution in [-0.2, 0) is 15.7 Å². The number of ether oxygens (including phenoxy) is 1. The number of alkyl halides is 3. The van der Waals surface area contributed by atoms with Gasteiger partial charge in [-0.1, -0.05) is 12.1 Å². The van der Waals surface area contributed by atoms with Crippen LogP contribution in [0.1, 0.15) is 29.9 Å². The molecule has 1 aromatic carbocycles. The molecule has 4 nitrogen and oxygen atoms in total. The van der Waals surface area contributed by atoms with Gasteiger partial charge in [0.1, 0.15) is 6.04 Å². The van der Waals surface area contributed by atoms with Crippen LogP contribution in [0.5, 0.6) is 0 Å². The first kappa shape index (κ1) is 17.7. The average Bonchev–Trinajstić information content (AvgIpc) is 2.54. The van der Waals surface area contributed by atoms with Gasteiger partial charge in [0.2, 0.25) is 5.91 Å². The van der Waals surface area contributed by atoms with Gasteiger partial charge >= 0.3 is 6.18 Å². The third-order valence-electron chi connectivity index (χ3n) is 4.18. The van der Waals surface area contributed by atoms with Gasteiger partial charge in [0, 0.05) is 20.2 Å². The van der Waals surface area contributed by atoms with Gasteiger partial charge in [-0.3, -0.25) is 4.79 Å². The van der Waals surface area contributed by atoms with E-state index in [1.807, 2.05) is 0 Å². The highest BCUT2D eigenvalue weighted by Crippen LogP contribution is 2.32. The second-order valence-electron chi connectivity index (χ2n) is 5.78. The van der Waals surface area contributed by atoms with E-state index in [1.165, 1.54) is 19.2 Å². The third kappa shape index (κ3) is 4.45. The molecule has 1 aliphatic heterocycles. The molecule has 2 N–H and O–H groups in total. The summed E-state index contributed by atoms with van der Waals surface area (Å²) in [5, 5.41) is 0. The Kier molecular flexibility index (Phi) is 5.64. The number of rotatable bonds is 4. The molecular formula is C16H21F3N2O2. The first-order chi connectivity index (χ1) is 10.8. The Morgan fingerprint density at radius 3 is 2.35 bits per heavy atom. The fourth-order valence-electron chi connectivity index (χ4n) is 2.86. The molecule has 0 aliphatic carbocycles. The van der Waals surface area contributed by atoms with E-state index in [-0.39, 0.29) is 18.4 Å². The number of carbonyl (C=O) groups is 1. The van der Waals surface area contributed by atoms with Crippen molar-refractivity contribution in [3.8, 4) is 0 Å². The number of benzene rings is 1. The molecule has 1 unspecified atom stereocenters. The zero-order chi connectivity index (χ0) is 17.0. The predicted octanol–water partition coefficient (Wildman–Crippen LogP) is 2.39. The Balaban J connectivity index is 1.93. The van der Waals surface area contributed by atoms with Crippen LogP contribution in [0.25, 0.3) is 0 Å². The second-order valence-corrected chi connectivity index (χ2v) is 5.78. The zero-order valence-corrected chi connectivity index (χ0v) is 13.0. The molecule has 0 aromatic heterocycles. The largest absolute Gasteiger partial charge is 0.416 e. The zero-order valence-electron chi connectivity index (χ0n) is 13.0. The van der Waals surface area contributed by atoms with Gasteiger partial charge in [-0.05, 0) is 36.5 Å². The second kappa shape index (κ2) is 7.31. The molecule has 1 saturated heterocycles. The Morgan fingerprint density at radius 1 is 1.30 bits per heavy atom. The highest BCUT2D eigenvalue weighted by atomic mass is 19.4. The van der Waals surface area contributed by atoms with Crippen LogP contribution in [0.3, 0.4) is 0 Å². The lowest BCUT2D eigenvalue weighted by Crippen LogP contribution is -2.48. The Morgan fingerprint density at radius 2 is 1.87 bits per heavy atom. The maximum Gasteiger partial charge on any atom is 0.416 e. The number of nitrogens with zero attached hydrogens (tertiary/aromatic N) is 1. The monoisotopic (exact) mass is 330 g/mol. The van der Waals surface area contributed by atoms with Crippen LogP contribution in [0.2, 0.25) is 0 Å². The molecular weight excluding hydrogens is 309 g/mol. The van der Waals surface area contributed by atoms with Gasteiger partial charge in [0.25, 0.3) is 0 Å². The quantitative estimate of drug-likeness (QED) is 0.922. The van der Waals surface area contributed by atoms with E-state index in [2.05, 4.69) is 0 Å². The fourth-order valence-corrected chi connectivity index (χ4v) is 2.86. The van der Waals surface area contributed by atoms with Crippen molar-refractivity contribution in [1.29, 1.82) is 0 Å². The molecule has 2 rings (SSSR count). The Hall–Kier alpha value is -1.60. The molecule has 7 heteroatoms. The summed E-state index contributed by atoms with van der Waals surface area (Å²) in [5.74, 6) is 0.0257. The number of hydrogen-bond acceptors (Lipinski definition) is 3. The number of halogens is 3. The van der Waals surface area contributed by atoms with Crippen LogP contribution in [0.15, 0.2) is 24.3 Å². The molecule has 0 saturated carbocycles. The number of nitrogens with two attached hydrogens (primary N) is 1. The van der Waals surface area contributed by atoms with Crippen molar-refractivity contribution in [3.63, 3.8) is 0 Å². The van der Waals surface area contributed by atoms with Gasteiger partial charge in [-0.2, -0.15) is 13.2 Å². The van der Waals surface area contributed by atoms with E-state index in [0.717, 1.165) is 30.5 Å². The lowest BCUT2D eigenvalue weighted by molar-refractivity contribution is -0.137. The lowest BCUT2D eigenvalue weighted by Gasteiger charge is -2.33. The molecule has 0 bridgehead atoms. The van der Waals surface area contributed by atoms with Crippen molar-refractivity contribution in [2.75, 3.05) is 26.8 Å². The highest BCUT2D eigenvalue weighted by molar-refractivity contribution is 5.81. The SMILES string of the molecule is COCC(N)C(=O)N1CCC(c2ccc(C(F)(F)F)cc2)CC1. The molecule has 128 valence electrons. The van der Waals surface area contributed by atoms with Crippen molar-refractivity contribution in [2.24, 2.45) is 5.73 Å². The molecule has 23 heavy (non-hydrogen) atoms. The summed E-state index contributed by atoms with van der Waals surface area (Å²) in [7, 11) is 1.49. The van der Waals surface area contributed by atoms with Gasteiger partial charge in [-0.25, -0.2) is 0 Å². The number of hydrogen-bond donors (Lipinski definition) is 1. The van der Waals surface area contributed by atoms with E-state index in [4.69, 9.17) is 10.5 Å². The molecule has 1 aliphatic rings. The van der Waals surface area contributed by atoms with Crippen LogP contribution < -0.4 is 5.73 Å². The standard InChI is InChI=1S/C16H21F3N2O2/c1-23-10-14(20)15(22)21-8-6-12(7-9-21)11-2-4-13(5-3-11)16(17,18)19/h2-5,12,14H,6-10,20H2,1H3. The molecule has 0 spiro atoms. The van der Waals surface area contributed by atoms with Gasteiger partial charge in [-0.15, -0.1) is 0 Å². The number of likely N-dealkylation sites (tertiary alicyclic amines) is 1. The molecule has 0 radical (unpaired) electrons. The topological polar surface area (TPSA) is 55.6 Å². The van der Waals surface area contributed by atoms with Crippen molar-refractivity contribution in [2.45, 2.75) is 31.0 Å². The van der Waals surface area contributed by atoms with Crippen molar-refractivity contribution in [1.82, 2.24) is 4.90 Å². The maximum absolute atomic E-state index is 12.6. The van der Waals surface area contributed by atoms with Crippen LogP contribution >= 0.6 is 0 Å². The molecule has 1 fully saturated rings. The van der Waals surface area contributed by atoms with E-state index in [9.17, 15) is 18.0 Å². The average molecular weight is 330 g/mol. The predicted molar refractivity (Wildman–Crippen MR) is 79.9 cm³/mol. The van der Waals surface area contributed by atoms with Gasteiger partial charge in [0.15, 0.2) is 0 Å². The highest BCUT2D eigenvalue weighted by Gasteiger charge is 2.31. The third-order valence-corrected chi connectivity index (χ3v) is 4.18. The lowest BCUT2D eigenvalue weighted by atomic mass is 9.89. The number of methoxy groups -OCH3 is 1. The summed E-state index contributed by atoms with van der Waals surface area (Å²) in [6.45, 7) is 1.29. The summed E-state index contributed by atoms with van der Waals surface area (Å²) in [6.07, 6.45) is -2.88. The fraction of sp³-hybridized carbons (Fsp3) is 0.562. The smallest absolute Gasteiger partial charge is 0.383 e. The normalized spacial score (nSPS) is 18.0. The first-order valence-corrected chi connectivity index (χ1v) is 7.53. The summed E-state index contributed by atoms with van der Waals surface area (Å²) in [6, 6.07) is 4.62. The van der Waals surface area contributed by atoms with E-state index in [1.54, 1.807) is 4.90 Å². The molecule has 1 atom stereocenters. The minimum atomic E-state index is -4.31. The summed E-state index contributed by atoms with van der Waals surface area (Å²) in [4.78, 5) is 13.8. The first-order valence-electron chi connectivity index (χ1n) is 7.53. The summed E-state index contributed by atoms with van der Waals surface area (Å²) >= 11 is 0. The maximum atomic E-state index is 12.6. The van der Waals surface area contributed by atoms with Crippen LogP contribution in [0, 0.1) is 0 Å². The molecule has 1 amide bonds. The van der Waals surface area contributed by atoms with Crippen LogP contribution in [-0.4, -0.2) is 43.7 Å². The number of amides is 1. The van der Waals surface area contributed by atoms with E-state index < -0.39 is 17.8 Å². The van der Waals surface area contributed by atoms with Gasteiger partial charge < -0.3 is 15.4 Å². The Bertz CT molecular complexity index is 523.